The van der Waals surface area contributed by atoms with Crippen molar-refractivity contribution in [3.05, 3.63) is 51.6 Å². The SMILES string of the molecule is Cc1nn(Cc2ccc(Cl)cc2F)c(C)c1CC(C)N. The fraction of sp³-hybridized carbons (Fsp3) is 0.400. The van der Waals surface area contributed by atoms with Crippen molar-refractivity contribution in [1.82, 2.24) is 9.78 Å². The lowest BCUT2D eigenvalue weighted by Crippen LogP contribution is -2.18. The minimum absolute atomic E-state index is 0.0809. The third kappa shape index (κ3) is 3.19. The molecule has 1 atom stereocenters. The molecule has 1 heterocycles. The molecule has 5 heteroatoms. The molecular weight excluding hydrogens is 277 g/mol. The first-order chi connectivity index (χ1) is 9.38. The molecule has 0 aliphatic carbocycles. The normalized spacial score (nSPS) is 12.7. The Labute approximate surface area is 123 Å². The Morgan fingerprint density at radius 1 is 1.40 bits per heavy atom. The van der Waals surface area contributed by atoms with Crippen molar-refractivity contribution in [2.24, 2.45) is 5.73 Å². The molecule has 0 bridgehead atoms. The van der Waals surface area contributed by atoms with Crippen LogP contribution in [0.4, 0.5) is 4.39 Å². The largest absolute Gasteiger partial charge is 0.328 e. The smallest absolute Gasteiger partial charge is 0.129 e. The van der Waals surface area contributed by atoms with E-state index in [1.54, 1.807) is 12.1 Å². The van der Waals surface area contributed by atoms with E-state index in [1.807, 2.05) is 25.5 Å². The standard InChI is InChI=1S/C15H19ClFN3/c1-9(18)6-14-10(2)19-20(11(14)3)8-12-4-5-13(16)7-15(12)17/h4-5,7,9H,6,8,18H2,1-3H3. The minimum atomic E-state index is -0.307. The molecular formula is C15H19ClFN3. The number of aromatic nitrogens is 2. The molecule has 1 aromatic heterocycles. The van der Waals surface area contributed by atoms with E-state index in [0.29, 0.717) is 17.1 Å². The molecule has 0 fully saturated rings. The average Bonchev–Trinajstić information content (AvgIpc) is 2.60. The van der Waals surface area contributed by atoms with Crippen molar-refractivity contribution in [2.75, 3.05) is 0 Å². The second kappa shape index (κ2) is 5.94. The number of nitrogens with two attached hydrogens (primary N) is 1. The molecule has 1 aromatic carbocycles. The Hall–Kier alpha value is -1.39. The number of hydrogen-bond acceptors (Lipinski definition) is 2. The van der Waals surface area contributed by atoms with Crippen LogP contribution in [0, 0.1) is 19.7 Å². The average molecular weight is 296 g/mol. The number of halogens is 2. The lowest BCUT2D eigenvalue weighted by molar-refractivity contribution is 0.578. The number of nitrogens with zero attached hydrogens (tertiary/aromatic N) is 2. The molecule has 0 amide bonds. The van der Waals surface area contributed by atoms with Gasteiger partial charge in [-0.05, 0) is 44.9 Å². The topological polar surface area (TPSA) is 43.8 Å². The van der Waals surface area contributed by atoms with E-state index in [0.717, 1.165) is 23.4 Å². The van der Waals surface area contributed by atoms with Gasteiger partial charge in [0.2, 0.25) is 0 Å². The molecule has 3 nitrogen and oxygen atoms in total. The predicted molar refractivity (Wildman–Crippen MR) is 79.6 cm³/mol. The fourth-order valence-corrected chi connectivity index (χ4v) is 2.48. The van der Waals surface area contributed by atoms with Crippen LogP contribution >= 0.6 is 11.6 Å². The monoisotopic (exact) mass is 295 g/mol. The molecule has 0 saturated heterocycles. The van der Waals surface area contributed by atoms with Gasteiger partial charge < -0.3 is 5.73 Å². The van der Waals surface area contributed by atoms with Gasteiger partial charge in [0.1, 0.15) is 5.82 Å². The van der Waals surface area contributed by atoms with E-state index in [9.17, 15) is 4.39 Å². The summed E-state index contributed by atoms with van der Waals surface area (Å²) in [5.41, 5.74) is 9.57. The minimum Gasteiger partial charge on any atom is -0.328 e. The van der Waals surface area contributed by atoms with Crippen LogP contribution < -0.4 is 5.73 Å². The van der Waals surface area contributed by atoms with E-state index in [1.165, 1.54) is 6.07 Å². The Morgan fingerprint density at radius 3 is 2.70 bits per heavy atom. The molecule has 0 radical (unpaired) electrons. The molecule has 0 aliphatic heterocycles. The zero-order valence-corrected chi connectivity index (χ0v) is 12.7. The third-order valence-electron chi connectivity index (χ3n) is 3.39. The van der Waals surface area contributed by atoms with E-state index in [2.05, 4.69) is 5.10 Å². The van der Waals surface area contributed by atoms with Gasteiger partial charge in [-0.1, -0.05) is 17.7 Å². The van der Waals surface area contributed by atoms with Crippen LogP contribution in [0.15, 0.2) is 18.2 Å². The maximum Gasteiger partial charge on any atom is 0.129 e. The summed E-state index contributed by atoms with van der Waals surface area (Å²) in [4.78, 5) is 0. The lowest BCUT2D eigenvalue weighted by atomic mass is 10.1. The molecule has 0 spiro atoms. The summed E-state index contributed by atoms with van der Waals surface area (Å²) in [6.45, 7) is 6.31. The summed E-state index contributed by atoms with van der Waals surface area (Å²) in [5.74, 6) is -0.307. The summed E-state index contributed by atoms with van der Waals surface area (Å²) in [6, 6.07) is 4.79. The van der Waals surface area contributed by atoms with E-state index in [4.69, 9.17) is 17.3 Å². The maximum atomic E-state index is 13.8. The van der Waals surface area contributed by atoms with Crippen LogP contribution in [0.5, 0.6) is 0 Å². The molecule has 2 aromatic rings. The van der Waals surface area contributed by atoms with Crippen LogP contribution in [-0.4, -0.2) is 15.8 Å². The van der Waals surface area contributed by atoms with Crippen LogP contribution in [-0.2, 0) is 13.0 Å². The summed E-state index contributed by atoms with van der Waals surface area (Å²) in [6.07, 6.45) is 0.779. The second-order valence-corrected chi connectivity index (χ2v) is 5.66. The van der Waals surface area contributed by atoms with Gasteiger partial charge in [0.15, 0.2) is 0 Å². The summed E-state index contributed by atoms with van der Waals surface area (Å²) in [7, 11) is 0. The van der Waals surface area contributed by atoms with Crippen LogP contribution in [0.3, 0.4) is 0 Å². The van der Waals surface area contributed by atoms with Gasteiger partial charge in [0, 0.05) is 22.3 Å². The zero-order chi connectivity index (χ0) is 14.9. The van der Waals surface area contributed by atoms with Gasteiger partial charge in [-0.3, -0.25) is 4.68 Å². The molecule has 2 N–H and O–H groups in total. The van der Waals surface area contributed by atoms with Crippen molar-refractivity contribution >= 4 is 11.6 Å². The van der Waals surface area contributed by atoms with E-state index < -0.39 is 0 Å². The third-order valence-corrected chi connectivity index (χ3v) is 3.63. The lowest BCUT2D eigenvalue weighted by Gasteiger charge is -2.08. The van der Waals surface area contributed by atoms with E-state index >= 15 is 0 Å². The van der Waals surface area contributed by atoms with Crippen LogP contribution in [0.2, 0.25) is 5.02 Å². The summed E-state index contributed by atoms with van der Waals surface area (Å²) in [5, 5.41) is 4.88. The highest BCUT2D eigenvalue weighted by Crippen LogP contribution is 2.19. The zero-order valence-electron chi connectivity index (χ0n) is 12.0. The highest BCUT2D eigenvalue weighted by Gasteiger charge is 2.14. The van der Waals surface area contributed by atoms with Gasteiger partial charge in [0.25, 0.3) is 0 Å². The summed E-state index contributed by atoms with van der Waals surface area (Å²) < 4.78 is 15.7. The quantitative estimate of drug-likeness (QED) is 0.941. The Kier molecular flexibility index (Phi) is 4.45. The van der Waals surface area contributed by atoms with Crippen LogP contribution in [0.1, 0.15) is 29.4 Å². The highest BCUT2D eigenvalue weighted by atomic mass is 35.5. The predicted octanol–water partition coefficient (Wildman–Crippen LogP) is 3.23. The van der Waals surface area contributed by atoms with Gasteiger partial charge in [0.05, 0.1) is 12.2 Å². The first-order valence-electron chi connectivity index (χ1n) is 6.61. The van der Waals surface area contributed by atoms with Crippen molar-refractivity contribution in [3.63, 3.8) is 0 Å². The first kappa shape index (κ1) is 15.0. The Morgan fingerprint density at radius 2 is 2.10 bits per heavy atom. The van der Waals surface area contributed by atoms with Crippen molar-refractivity contribution in [2.45, 2.75) is 39.8 Å². The van der Waals surface area contributed by atoms with Gasteiger partial charge in [-0.15, -0.1) is 0 Å². The van der Waals surface area contributed by atoms with Crippen molar-refractivity contribution in [1.29, 1.82) is 0 Å². The Bertz CT molecular complexity index is 620. The highest BCUT2D eigenvalue weighted by molar-refractivity contribution is 6.30. The molecule has 0 aliphatic rings. The van der Waals surface area contributed by atoms with Gasteiger partial charge in [-0.25, -0.2) is 4.39 Å². The molecule has 1 unspecified atom stereocenters. The molecule has 108 valence electrons. The van der Waals surface area contributed by atoms with Gasteiger partial charge in [-0.2, -0.15) is 5.10 Å². The van der Waals surface area contributed by atoms with Crippen molar-refractivity contribution in [3.8, 4) is 0 Å². The second-order valence-electron chi connectivity index (χ2n) is 5.22. The number of hydrogen-bond donors (Lipinski definition) is 1. The summed E-state index contributed by atoms with van der Waals surface area (Å²) >= 11 is 5.76. The van der Waals surface area contributed by atoms with E-state index in [-0.39, 0.29) is 11.9 Å². The van der Waals surface area contributed by atoms with Crippen LogP contribution in [0.25, 0.3) is 0 Å². The number of aryl methyl sites for hydroxylation is 1. The van der Waals surface area contributed by atoms with Crippen molar-refractivity contribution < 1.29 is 4.39 Å². The number of rotatable bonds is 4. The molecule has 2 rings (SSSR count). The van der Waals surface area contributed by atoms with Gasteiger partial charge >= 0.3 is 0 Å². The molecule has 0 saturated carbocycles. The number of benzene rings is 1. The first-order valence-corrected chi connectivity index (χ1v) is 6.98. The Balaban J connectivity index is 2.30. The fourth-order valence-electron chi connectivity index (χ4n) is 2.32. The maximum absolute atomic E-state index is 13.8. The molecule has 20 heavy (non-hydrogen) atoms.